The molecule has 144 valence electrons. The van der Waals surface area contributed by atoms with Crippen molar-refractivity contribution < 1.29 is 4.79 Å². The number of para-hydroxylation sites is 1. The van der Waals surface area contributed by atoms with Crippen LogP contribution < -0.4 is 5.56 Å². The number of hydrogen-bond acceptors (Lipinski definition) is 4. The molecule has 2 aromatic rings. The monoisotopic (exact) mass is 368 g/mol. The van der Waals surface area contributed by atoms with Gasteiger partial charge in [-0.25, -0.2) is 4.98 Å². The van der Waals surface area contributed by atoms with Crippen LogP contribution in [0.25, 0.3) is 10.9 Å². The van der Waals surface area contributed by atoms with Crippen molar-refractivity contribution in [3.8, 4) is 0 Å². The average molecular weight is 368 g/mol. The summed E-state index contributed by atoms with van der Waals surface area (Å²) in [6.07, 6.45) is 7.23. The zero-order chi connectivity index (χ0) is 18.8. The number of piperazine rings is 1. The van der Waals surface area contributed by atoms with Gasteiger partial charge in [0.1, 0.15) is 0 Å². The van der Waals surface area contributed by atoms with Gasteiger partial charge in [-0.2, -0.15) is 0 Å². The highest BCUT2D eigenvalue weighted by atomic mass is 16.2. The van der Waals surface area contributed by atoms with Gasteiger partial charge >= 0.3 is 0 Å². The van der Waals surface area contributed by atoms with E-state index in [-0.39, 0.29) is 11.5 Å². The fourth-order valence-electron chi connectivity index (χ4n) is 4.48. The van der Waals surface area contributed by atoms with Crippen molar-refractivity contribution in [2.75, 3.05) is 26.2 Å². The molecule has 2 aliphatic rings. The lowest BCUT2D eigenvalue weighted by molar-refractivity contribution is -0.133. The van der Waals surface area contributed by atoms with Crippen LogP contribution in [0.3, 0.4) is 0 Å². The predicted molar refractivity (Wildman–Crippen MR) is 106 cm³/mol. The number of amides is 1. The van der Waals surface area contributed by atoms with E-state index in [9.17, 15) is 9.59 Å². The third kappa shape index (κ3) is 3.76. The maximum absolute atomic E-state index is 12.7. The minimum Gasteiger partial charge on any atom is -0.340 e. The molecular formula is C21H28N4O2. The molecule has 0 radical (unpaired) electrons. The molecule has 1 aliphatic heterocycles. The van der Waals surface area contributed by atoms with Gasteiger partial charge in [-0.1, -0.05) is 25.0 Å². The first kappa shape index (κ1) is 18.2. The molecule has 0 unspecified atom stereocenters. The van der Waals surface area contributed by atoms with E-state index in [1.807, 2.05) is 24.0 Å². The Morgan fingerprint density at radius 3 is 2.63 bits per heavy atom. The maximum atomic E-state index is 12.7. The van der Waals surface area contributed by atoms with E-state index in [0.29, 0.717) is 18.4 Å². The fraction of sp³-hybridized carbons (Fsp3) is 0.571. The van der Waals surface area contributed by atoms with Gasteiger partial charge in [0.2, 0.25) is 5.91 Å². The minimum atomic E-state index is -0.0671. The Bertz CT molecular complexity index is 877. The Balaban J connectivity index is 1.35. The largest absolute Gasteiger partial charge is 0.340 e. The van der Waals surface area contributed by atoms with Crippen molar-refractivity contribution in [3.05, 3.63) is 40.4 Å². The van der Waals surface area contributed by atoms with E-state index in [2.05, 4.69) is 9.88 Å². The molecule has 2 fully saturated rings. The molecule has 4 rings (SSSR count). The predicted octanol–water partition coefficient (Wildman–Crippen LogP) is 2.18. The van der Waals surface area contributed by atoms with Gasteiger partial charge in [-0.15, -0.1) is 0 Å². The van der Waals surface area contributed by atoms with E-state index in [1.165, 1.54) is 25.7 Å². The Morgan fingerprint density at radius 1 is 1.15 bits per heavy atom. The molecule has 1 aromatic carbocycles. The fourth-order valence-corrected chi connectivity index (χ4v) is 4.48. The molecule has 27 heavy (non-hydrogen) atoms. The molecule has 6 nitrogen and oxygen atoms in total. The van der Waals surface area contributed by atoms with E-state index >= 15 is 0 Å². The minimum absolute atomic E-state index is 0.0671. The van der Waals surface area contributed by atoms with E-state index in [1.54, 1.807) is 17.0 Å². The first-order valence-corrected chi connectivity index (χ1v) is 10.1. The molecular weight excluding hydrogens is 340 g/mol. The summed E-state index contributed by atoms with van der Waals surface area (Å²) in [7, 11) is 0. The molecule has 0 bridgehead atoms. The summed E-state index contributed by atoms with van der Waals surface area (Å²) >= 11 is 0. The zero-order valence-corrected chi connectivity index (χ0v) is 16.1. The van der Waals surface area contributed by atoms with Gasteiger partial charge in [0.25, 0.3) is 5.56 Å². The highest BCUT2D eigenvalue weighted by Gasteiger charge is 2.27. The van der Waals surface area contributed by atoms with Crippen LogP contribution in [0.4, 0.5) is 0 Å². The highest BCUT2D eigenvalue weighted by molar-refractivity contribution is 5.80. The van der Waals surface area contributed by atoms with Crippen LogP contribution in [-0.2, 0) is 11.3 Å². The normalized spacial score (nSPS) is 19.1. The van der Waals surface area contributed by atoms with Crippen LogP contribution in [0.15, 0.2) is 29.3 Å². The lowest BCUT2D eigenvalue weighted by Gasteiger charge is -2.38. The lowest BCUT2D eigenvalue weighted by atomic mass is 10.1. The van der Waals surface area contributed by atoms with E-state index < -0.39 is 0 Å². The van der Waals surface area contributed by atoms with E-state index in [4.69, 9.17) is 0 Å². The number of benzene rings is 1. The number of nitrogens with zero attached hydrogens (tertiary/aromatic N) is 4. The summed E-state index contributed by atoms with van der Waals surface area (Å²) in [5, 5.41) is 0.620. The number of carbonyl (C=O) groups excluding carboxylic acids is 1. The van der Waals surface area contributed by atoms with Gasteiger partial charge in [0.15, 0.2) is 0 Å². The number of aromatic nitrogens is 2. The van der Waals surface area contributed by atoms with Crippen molar-refractivity contribution in [1.29, 1.82) is 0 Å². The molecule has 0 atom stereocenters. The molecule has 1 saturated carbocycles. The molecule has 6 heteroatoms. The van der Waals surface area contributed by atoms with Crippen molar-refractivity contribution >= 4 is 16.8 Å². The third-order valence-corrected chi connectivity index (χ3v) is 6.13. The van der Waals surface area contributed by atoms with Gasteiger partial charge < -0.3 is 4.90 Å². The van der Waals surface area contributed by atoms with Crippen LogP contribution in [-0.4, -0.2) is 57.5 Å². The Kier molecular flexibility index (Phi) is 5.25. The summed E-state index contributed by atoms with van der Waals surface area (Å²) in [5.74, 6) is 0.136. The molecule has 2 heterocycles. The zero-order valence-electron chi connectivity index (χ0n) is 16.1. The number of fused-ring (bicyclic) bond motifs is 1. The van der Waals surface area contributed by atoms with Gasteiger partial charge in [0, 0.05) is 45.2 Å². The third-order valence-electron chi connectivity index (χ3n) is 6.13. The second kappa shape index (κ2) is 7.80. The second-order valence-electron chi connectivity index (χ2n) is 7.82. The van der Waals surface area contributed by atoms with Crippen molar-refractivity contribution in [2.24, 2.45) is 0 Å². The number of hydrogen-bond donors (Lipinski definition) is 0. The average Bonchev–Trinajstić information content (AvgIpc) is 3.23. The van der Waals surface area contributed by atoms with Crippen molar-refractivity contribution in [3.63, 3.8) is 0 Å². The Hall–Kier alpha value is -2.21. The molecule has 1 aromatic heterocycles. The lowest BCUT2D eigenvalue weighted by Crippen LogP contribution is -2.51. The van der Waals surface area contributed by atoms with Crippen LogP contribution in [0, 0.1) is 6.92 Å². The smallest absolute Gasteiger partial charge is 0.261 e. The summed E-state index contributed by atoms with van der Waals surface area (Å²) in [6, 6.07) is 6.36. The summed E-state index contributed by atoms with van der Waals surface area (Å²) in [5.41, 5.74) is 1.67. The van der Waals surface area contributed by atoms with Crippen LogP contribution in [0.1, 0.15) is 37.7 Å². The number of carbonyl (C=O) groups is 1. The van der Waals surface area contributed by atoms with Gasteiger partial charge in [-0.3, -0.25) is 19.1 Å². The SMILES string of the molecule is Cc1cccc2c(=O)n(CCC(=O)N3CCN(C4CCCC4)CC3)cnc12. The van der Waals surface area contributed by atoms with Crippen LogP contribution in [0.5, 0.6) is 0 Å². The summed E-state index contributed by atoms with van der Waals surface area (Å²) in [4.78, 5) is 34.2. The number of aryl methyl sites for hydroxylation is 2. The number of rotatable bonds is 4. The first-order valence-electron chi connectivity index (χ1n) is 10.1. The maximum Gasteiger partial charge on any atom is 0.261 e. The Labute approximate surface area is 159 Å². The summed E-state index contributed by atoms with van der Waals surface area (Å²) in [6.45, 7) is 5.91. The molecule has 1 saturated heterocycles. The van der Waals surface area contributed by atoms with Crippen molar-refractivity contribution in [1.82, 2.24) is 19.4 Å². The molecule has 1 aliphatic carbocycles. The quantitative estimate of drug-likeness (QED) is 0.830. The van der Waals surface area contributed by atoms with Crippen LogP contribution >= 0.6 is 0 Å². The highest BCUT2D eigenvalue weighted by Crippen LogP contribution is 2.24. The standard InChI is InChI=1S/C21H28N4O2/c1-16-5-4-8-18-20(16)22-15-25(21(18)27)10-9-19(26)24-13-11-23(12-14-24)17-6-2-3-7-17/h4-5,8,15,17H,2-3,6-7,9-14H2,1H3. The second-order valence-corrected chi connectivity index (χ2v) is 7.82. The topological polar surface area (TPSA) is 58.4 Å². The molecule has 0 N–H and O–H groups in total. The van der Waals surface area contributed by atoms with Gasteiger partial charge in [-0.05, 0) is 31.4 Å². The van der Waals surface area contributed by atoms with Crippen LogP contribution in [0.2, 0.25) is 0 Å². The summed E-state index contributed by atoms with van der Waals surface area (Å²) < 4.78 is 1.56. The molecule has 0 spiro atoms. The van der Waals surface area contributed by atoms with Gasteiger partial charge in [0.05, 0.1) is 17.2 Å². The molecule has 1 amide bonds. The Morgan fingerprint density at radius 2 is 1.89 bits per heavy atom. The first-order chi connectivity index (χ1) is 13.1. The van der Waals surface area contributed by atoms with Crippen molar-refractivity contribution in [2.45, 2.75) is 51.6 Å². The van der Waals surface area contributed by atoms with E-state index in [0.717, 1.165) is 43.3 Å².